The summed E-state index contributed by atoms with van der Waals surface area (Å²) >= 11 is 6.61. The summed E-state index contributed by atoms with van der Waals surface area (Å²) in [6, 6.07) is 3.16. The van der Waals surface area contributed by atoms with E-state index in [1.54, 1.807) is 13.2 Å². The molecule has 2 aromatic rings. The van der Waals surface area contributed by atoms with Gasteiger partial charge in [-0.1, -0.05) is 25.4 Å². The Morgan fingerprint density at radius 2 is 2.03 bits per heavy atom. The molecule has 0 saturated carbocycles. The number of nitrogens with zero attached hydrogens (tertiary/aromatic N) is 1. The number of aromatic nitrogens is 1. The molecule has 2 aliphatic heterocycles. The number of ether oxygens (including phenoxy) is 4. The number of benzene rings is 1. The Morgan fingerprint density at radius 1 is 1.30 bits per heavy atom. The highest BCUT2D eigenvalue weighted by molar-refractivity contribution is 7.59. The van der Waals surface area contributed by atoms with Gasteiger partial charge in [0.15, 0.2) is 0 Å². The Hall–Kier alpha value is -2.23. The molecule has 33 heavy (non-hydrogen) atoms. The minimum Gasteiger partial charge on any atom is -0.495 e. The quantitative estimate of drug-likeness (QED) is 0.637. The summed E-state index contributed by atoms with van der Waals surface area (Å²) < 4.78 is 21.9. The standard InChI is InChI=1S/C21H23ClN2O6.C2H6.H2S/c1-11(25)29-9-15-19-12(17-13(24-15)4-5-16(27-2)18(17)22)6-7-21(30-19)8-14(23-10-21)20(26)28-3;1-2;/h4-5,14,23H,6-10H2,1-3H3;1-2H3;1H2. The minimum absolute atomic E-state index is 0. The van der Waals surface area contributed by atoms with Crippen LogP contribution in [0.4, 0.5) is 0 Å². The number of hydrogen-bond donors (Lipinski definition) is 1. The van der Waals surface area contributed by atoms with Crippen molar-refractivity contribution in [2.45, 2.75) is 58.3 Å². The molecule has 0 bridgehead atoms. The Balaban J connectivity index is 0.00000125. The zero-order chi connectivity index (χ0) is 23.5. The number of fused-ring (bicyclic) bond motifs is 3. The highest BCUT2D eigenvalue weighted by Crippen LogP contribution is 2.45. The van der Waals surface area contributed by atoms with Gasteiger partial charge in [-0.15, -0.1) is 0 Å². The van der Waals surface area contributed by atoms with Crippen molar-refractivity contribution in [3.63, 3.8) is 0 Å². The van der Waals surface area contributed by atoms with Crippen LogP contribution in [0.15, 0.2) is 12.1 Å². The van der Waals surface area contributed by atoms with Gasteiger partial charge in [0.1, 0.15) is 35.4 Å². The average molecular weight is 499 g/mol. The van der Waals surface area contributed by atoms with Crippen LogP contribution in [0.3, 0.4) is 0 Å². The SMILES string of the molecule is CC.COC(=O)C1CC2(CCc3c(c(COC(C)=O)nc4ccc(OC)c(Cl)c34)O2)CN1.S. The lowest BCUT2D eigenvalue weighted by atomic mass is 9.87. The van der Waals surface area contributed by atoms with Crippen LogP contribution in [-0.2, 0) is 32.1 Å². The molecule has 1 spiro atoms. The number of hydrogen-bond acceptors (Lipinski definition) is 8. The summed E-state index contributed by atoms with van der Waals surface area (Å²) in [6.07, 6.45) is 1.85. The topological polar surface area (TPSA) is 96.0 Å². The van der Waals surface area contributed by atoms with Gasteiger partial charge in [-0.2, -0.15) is 13.5 Å². The number of esters is 2. The van der Waals surface area contributed by atoms with Crippen molar-refractivity contribution < 1.29 is 28.5 Å². The van der Waals surface area contributed by atoms with Crippen molar-refractivity contribution in [3.8, 4) is 11.5 Å². The summed E-state index contributed by atoms with van der Waals surface area (Å²) in [5.74, 6) is 0.384. The van der Waals surface area contributed by atoms with E-state index in [-0.39, 0.29) is 26.1 Å². The van der Waals surface area contributed by atoms with E-state index in [9.17, 15) is 9.59 Å². The van der Waals surface area contributed by atoms with Crippen molar-refractivity contribution >= 4 is 47.9 Å². The minimum atomic E-state index is -0.572. The average Bonchev–Trinajstić information content (AvgIpc) is 3.21. The Kier molecular flexibility index (Phi) is 9.22. The number of aryl methyl sites for hydroxylation is 1. The maximum Gasteiger partial charge on any atom is 0.323 e. The van der Waals surface area contributed by atoms with Crippen LogP contribution in [0.25, 0.3) is 10.9 Å². The highest BCUT2D eigenvalue weighted by atomic mass is 35.5. The largest absolute Gasteiger partial charge is 0.495 e. The van der Waals surface area contributed by atoms with E-state index in [1.165, 1.54) is 14.0 Å². The van der Waals surface area contributed by atoms with Crippen LogP contribution < -0.4 is 14.8 Å². The second kappa shape index (κ2) is 11.3. The number of rotatable bonds is 4. The van der Waals surface area contributed by atoms with Gasteiger partial charge in [0.25, 0.3) is 0 Å². The third kappa shape index (κ3) is 5.31. The zero-order valence-electron chi connectivity index (χ0n) is 19.5. The van der Waals surface area contributed by atoms with Gasteiger partial charge < -0.3 is 24.3 Å². The fourth-order valence-corrected chi connectivity index (χ4v) is 4.57. The fraction of sp³-hybridized carbons (Fsp3) is 0.522. The second-order valence-corrected chi connectivity index (χ2v) is 7.95. The molecule has 2 aliphatic rings. The molecule has 1 aromatic heterocycles. The predicted molar refractivity (Wildman–Crippen MR) is 131 cm³/mol. The van der Waals surface area contributed by atoms with Gasteiger partial charge in [0.2, 0.25) is 0 Å². The number of carbonyl (C=O) groups excluding carboxylic acids is 2. The molecule has 1 N–H and O–H groups in total. The Morgan fingerprint density at radius 3 is 2.67 bits per heavy atom. The number of nitrogens with one attached hydrogen (secondary N) is 1. The van der Waals surface area contributed by atoms with E-state index in [1.807, 2.05) is 19.9 Å². The van der Waals surface area contributed by atoms with Gasteiger partial charge in [0, 0.05) is 30.8 Å². The molecule has 182 valence electrons. The predicted octanol–water partition coefficient (Wildman–Crippen LogP) is 3.70. The van der Waals surface area contributed by atoms with Crippen molar-refractivity contribution in [3.05, 3.63) is 28.4 Å². The zero-order valence-corrected chi connectivity index (χ0v) is 21.3. The first-order valence-electron chi connectivity index (χ1n) is 10.7. The molecule has 4 rings (SSSR count). The second-order valence-electron chi connectivity index (χ2n) is 7.57. The van der Waals surface area contributed by atoms with Crippen LogP contribution in [0, 0.1) is 0 Å². The lowest BCUT2D eigenvalue weighted by molar-refractivity contribution is -0.143. The van der Waals surface area contributed by atoms with Crippen LogP contribution in [-0.4, -0.2) is 49.3 Å². The maximum atomic E-state index is 12.0. The van der Waals surface area contributed by atoms with E-state index in [0.717, 1.165) is 10.9 Å². The normalized spacial score (nSPS) is 20.6. The number of pyridine rings is 1. The number of halogens is 1. The molecule has 2 unspecified atom stereocenters. The summed E-state index contributed by atoms with van der Waals surface area (Å²) in [4.78, 5) is 28.0. The number of methoxy groups -OCH3 is 2. The van der Waals surface area contributed by atoms with E-state index < -0.39 is 17.6 Å². The third-order valence-corrected chi connectivity index (χ3v) is 6.07. The van der Waals surface area contributed by atoms with Gasteiger partial charge in [-0.05, 0) is 25.0 Å². The van der Waals surface area contributed by atoms with Crippen molar-refractivity contribution in [2.75, 3.05) is 20.8 Å². The van der Waals surface area contributed by atoms with Crippen LogP contribution >= 0.6 is 25.1 Å². The fourth-order valence-electron chi connectivity index (χ4n) is 4.22. The van der Waals surface area contributed by atoms with Crippen molar-refractivity contribution in [2.24, 2.45) is 0 Å². The summed E-state index contributed by atoms with van der Waals surface area (Å²) in [5.41, 5.74) is 1.53. The summed E-state index contributed by atoms with van der Waals surface area (Å²) in [7, 11) is 2.93. The molecule has 0 aliphatic carbocycles. The summed E-state index contributed by atoms with van der Waals surface area (Å²) in [5, 5.41) is 4.42. The first-order valence-corrected chi connectivity index (χ1v) is 11.1. The molecule has 3 heterocycles. The van der Waals surface area contributed by atoms with E-state index in [0.29, 0.717) is 53.5 Å². The molecule has 0 amide bonds. The smallest absolute Gasteiger partial charge is 0.323 e. The monoisotopic (exact) mass is 498 g/mol. The summed E-state index contributed by atoms with van der Waals surface area (Å²) in [6.45, 7) is 5.84. The van der Waals surface area contributed by atoms with E-state index in [4.69, 9.17) is 30.5 Å². The molecule has 1 fully saturated rings. The number of carbonyl (C=O) groups is 2. The van der Waals surface area contributed by atoms with Gasteiger partial charge >= 0.3 is 11.9 Å². The molecule has 8 nitrogen and oxygen atoms in total. The van der Waals surface area contributed by atoms with Crippen LogP contribution in [0.1, 0.15) is 44.9 Å². The first kappa shape index (κ1) is 27.0. The molecular formula is C23H31ClN2O6S. The van der Waals surface area contributed by atoms with Gasteiger partial charge in [0.05, 0.1) is 24.8 Å². The molecule has 10 heteroatoms. The first-order chi connectivity index (χ1) is 15.4. The maximum absolute atomic E-state index is 12.0. The molecule has 0 radical (unpaired) electrons. The lowest BCUT2D eigenvalue weighted by Gasteiger charge is -2.36. The Labute approximate surface area is 205 Å². The van der Waals surface area contributed by atoms with Gasteiger partial charge in [-0.3, -0.25) is 9.59 Å². The molecule has 1 saturated heterocycles. The van der Waals surface area contributed by atoms with Gasteiger partial charge in [-0.25, -0.2) is 4.98 Å². The van der Waals surface area contributed by atoms with Crippen LogP contribution in [0.2, 0.25) is 5.02 Å². The molecule has 2 atom stereocenters. The van der Waals surface area contributed by atoms with Crippen LogP contribution in [0.5, 0.6) is 11.5 Å². The highest BCUT2D eigenvalue weighted by Gasteiger charge is 2.47. The molecule has 1 aromatic carbocycles. The van der Waals surface area contributed by atoms with Crippen molar-refractivity contribution in [1.29, 1.82) is 0 Å². The lowest BCUT2D eigenvalue weighted by Crippen LogP contribution is -2.42. The van der Waals surface area contributed by atoms with E-state index >= 15 is 0 Å². The molecular weight excluding hydrogens is 468 g/mol. The van der Waals surface area contributed by atoms with Crippen molar-refractivity contribution in [1.82, 2.24) is 10.3 Å². The van der Waals surface area contributed by atoms with E-state index in [2.05, 4.69) is 10.3 Å². The Bertz CT molecular complexity index is 1030. The third-order valence-electron chi connectivity index (χ3n) is 5.69.